The van der Waals surface area contributed by atoms with Crippen molar-refractivity contribution in [2.24, 2.45) is 0 Å². The Hall–Kier alpha value is -1.86. The van der Waals surface area contributed by atoms with E-state index in [1.54, 1.807) is 18.3 Å². The van der Waals surface area contributed by atoms with Gasteiger partial charge in [-0.05, 0) is 38.8 Å². The Morgan fingerprint density at radius 1 is 1.46 bits per heavy atom. The molecule has 24 heavy (non-hydrogen) atoms. The highest BCUT2D eigenvalue weighted by atomic mass is 32.1. The van der Waals surface area contributed by atoms with Crippen LogP contribution in [0, 0.1) is 0 Å². The van der Waals surface area contributed by atoms with Crippen LogP contribution in [0.5, 0.6) is 0 Å². The van der Waals surface area contributed by atoms with Gasteiger partial charge in [-0.15, -0.1) is 11.3 Å². The minimum absolute atomic E-state index is 0.188. The van der Waals surface area contributed by atoms with Crippen molar-refractivity contribution in [3.63, 3.8) is 0 Å². The molecule has 2 N–H and O–H groups in total. The van der Waals surface area contributed by atoms with Gasteiger partial charge in [0.05, 0.1) is 18.2 Å². The predicted molar refractivity (Wildman–Crippen MR) is 94.8 cm³/mol. The number of hydrogen-bond donors (Lipinski definition) is 2. The van der Waals surface area contributed by atoms with Gasteiger partial charge in [0.25, 0.3) is 0 Å². The Morgan fingerprint density at radius 3 is 2.79 bits per heavy atom. The molecule has 0 saturated carbocycles. The van der Waals surface area contributed by atoms with Gasteiger partial charge < -0.3 is 15.4 Å². The van der Waals surface area contributed by atoms with E-state index in [4.69, 9.17) is 4.74 Å². The van der Waals surface area contributed by atoms with E-state index in [1.165, 1.54) is 4.88 Å². The lowest BCUT2D eigenvalue weighted by molar-refractivity contribution is -0.139. The Labute approximate surface area is 146 Å². The average molecular weight is 351 g/mol. The first-order valence-electron chi connectivity index (χ1n) is 8.19. The first-order chi connectivity index (χ1) is 11.5. The fourth-order valence-electron chi connectivity index (χ4n) is 2.72. The van der Waals surface area contributed by atoms with Crippen molar-refractivity contribution in [3.8, 4) is 0 Å². The highest BCUT2D eigenvalue weighted by Gasteiger charge is 2.32. The minimum atomic E-state index is -0.371. The van der Waals surface area contributed by atoms with Crippen LogP contribution in [0.25, 0.3) is 0 Å². The maximum Gasteiger partial charge on any atom is 0.337 e. The second-order valence-electron chi connectivity index (χ2n) is 5.78. The van der Waals surface area contributed by atoms with E-state index in [0.717, 1.165) is 0 Å². The number of nitrogens with zero attached hydrogens (tertiary/aromatic N) is 1. The number of rotatable bonds is 7. The molecular weight excluding hydrogens is 326 g/mol. The van der Waals surface area contributed by atoms with Gasteiger partial charge in [-0.25, -0.2) is 9.59 Å². The molecule has 2 rings (SSSR count). The Bertz CT molecular complexity index is 613. The standard InChI is InChI=1S/C17H25N3O3S/c1-5-12-15(16(21)23-6-2)13(19-17(22)18-12)10-20(4)11(3)14-8-7-9-24-14/h7-9,11-12H,5-6,10H2,1-4H3,(H2,18,19,22). The molecule has 2 heterocycles. The smallest absolute Gasteiger partial charge is 0.337 e. The van der Waals surface area contributed by atoms with E-state index < -0.39 is 0 Å². The van der Waals surface area contributed by atoms with E-state index in [-0.39, 0.29) is 24.1 Å². The third-order valence-electron chi connectivity index (χ3n) is 4.17. The lowest BCUT2D eigenvalue weighted by Crippen LogP contribution is -2.52. The second-order valence-corrected chi connectivity index (χ2v) is 6.76. The minimum Gasteiger partial charge on any atom is -0.463 e. The van der Waals surface area contributed by atoms with Gasteiger partial charge in [0.2, 0.25) is 0 Å². The monoisotopic (exact) mass is 351 g/mol. The van der Waals surface area contributed by atoms with Gasteiger partial charge >= 0.3 is 12.0 Å². The number of carbonyl (C=O) groups excluding carboxylic acids is 2. The highest BCUT2D eigenvalue weighted by molar-refractivity contribution is 7.10. The van der Waals surface area contributed by atoms with Gasteiger partial charge in [-0.2, -0.15) is 0 Å². The molecule has 0 aromatic carbocycles. The third kappa shape index (κ3) is 4.15. The quantitative estimate of drug-likeness (QED) is 0.741. The highest BCUT2D eigenvalue weighted by Crippen LogP contribution is 2.25. The van der Waals surface area contributed by atoms with Crippen LogP contribution in [0.1, 0.15) is 38.1 Å². The van der Waals surface area contributed by atoms with E-state index >= 15 is 0 Å². The normalized spacial score (nSPS) is 19.0. The number of carbonyl (C=O) groups is 2. The van der Waals surface area contributed by atoms with Crippen LogP contribution in [0.2, 0.25) is 0 Å². The number of urea groups is 1. The molecule has 0 saturated heterocycles. The molecule has 0 bridgehead atoms. The molecule has 0 aliphatic carbocycles. The maximum atomic E-state index is 12.4. The fourth-order valence-corrected chi connectivity index (χ4v) is 3.57. The second kappa shape index (κ2) is 8.30. The fraction of sp³-hybridized carbons (Fsp3) is 0.529. The molecule has 7 heteroatoms. The number of likely N-dealkylation sites (N-methyl/N-ethyl adjacent to an activating group) is 1. The summed E-state index contributed by atoms with van der Waals surface area (Å²) in [5, 5.41) is 7.63. The van der Waals surface area contributed by atoms with Gasteiger partial charge in [0.15, 0.2) is 0 Å². The first-order valence-corrected chi connectivity index (χ1v) is 9.07. The summed E-state index contributed by atoms with van der Waals surface area (Å²) in [4.78, 5) is 27.6. The summed E-state index contributed by atoms with van der Waals surface area (Å²) < 4.78 is 5.19. The molecule has 1 aliphatic rings. The van der Waals surface area contributed by atoms with E-state index in [9.17, 15) is 9.59 Å². The van der Waals surface area contributed by atoms with Gasteiger partial charge in [-0.1, -0.05) is 13.0 Å². The van der Waals surface area contributed by atoms with Crippen LogP contribution in [0.3, 0.4) is 0 Å². The van der Waals surface area contributed by atoms with Gasteiger partial charge in [0, 0.05) is 23.2 Å². The van der Waals surface area contributed by atoms with Crippen LogP contribution in [-0.2, 0) is 9.53 Å². The van der Waals surface area contributed by atoms with Crippen molar-refractivity contribution >= 4 is 23.3 Å². The zero-order valence-electron chi connectivity index (χ0n) is 14.6. The molecule has 2 atom stereocenters. The van der Waals surface area contributed by atoms with Crippen molar-refractivity contribution in [3.05, 3.63) is 33.7 Å². The van der Waals surface area contributed by atoms with E-state index in [0.29, 0.717) is 30.8 Å². The zero-order valence-corrected chi connectivity index (χ0v) is 15.4. The SMILES string of the molecule is CCOC(=O)C1=C(CN(C)C(C)c2cccs2)NC(=O)NC1CC. The lowest BCUT2D eigenvalue weighted by atomic mass is 9.99. The van der Waals surface area contributed by atoms with E-state index in [2.05, 4.69) is 28.5 Å². The maximum absolute atomic E-state index is 12.4. The van der Waals surface area contributed by atoms with Gasteiger partial charge in [0.1, 0.15) is 0 Å². The number of hydrogen-bond acceptors (Lipinski definition) is 5. The average Bonchev–Trinajstić information content (AvgIpc) is 3.07. The van der Waals surface area contributed by atoms with E-state index in [1.807, 2.05) is 25.4 Å². The molecular formula is C17H25N3O3S. The summed E-state index contributed by atoms with van der Waals surface area (Å²) >= 11 is 1.69. The van der Waals surface area contributed by atoms with Crippen molar-refractivity contribution in [1.29, 1.82) is 0 Å². The Kier molecular flexibility index (Phi) is 6.39. The van der Waals surface area contributed by atoms with Crippen molar-refractivity contribution in [2.75, 3.05) is 20.2 Å². The van der Waals surface area contributed by atoms with Gasteiger partial charge in [-0.3, -0.25) is 4.90 Å². The van der Waals surface area contributed by atoms with Crippen LogP contribution >= 0.6 is 11.3 Å². The molecule has 2 amide bonds. The molecule has 0 fully saturated rings. The summed E-state index contributed by atoms with van der Waals surface area (Å²) in [5.74, 6) is -0.371. The summed E-state index contributed by atoms with van der Waals surface area (Å²) in [6, 6.07) is 3.70. The zero-order chi connectivity index (χ0) is 17.7. The number of esters is 1. The molecule has 1 aromatic heterocycles. The summed E-state index contributed by atoms with van der Waals surface area (Å²) in [6.45, 7) is 6.60. The van der Waals surface area contributed by atoms with Crippen molar-refractivity contribution in [1.82, 2.24) is 15.5 Å². The van der Waals surface area contributed by atoms with Crippen LogP contribution in [0.15, 0.2) is 28.8 Å². The summed E-state index contributed by atoms with van der Waals surface area (Å²) in [5.41, 5.74) is 1.14. The molecule has 0 spiro atoms. The molecule has 2 unspecified atom stereocenters. The van der Waals surface area contributed by atoms with Crippen LogP contribution in [-0.4, -0.2) is 43.1 Å². The number of ether oxygens (including phenoxy) is 1. The lowest BCUT2D eigenvalue weighted by Gasteiger charge is -2.32. The molecule has 1 aromatic rings. The summed E-state index contributed by atoms with van der Waals surface area (Å²) in [6.07, 6.45) is 0.634. The van der Waals surface area contributed by atoms with Crippen LogP contribution in [0.4, 0.5) is 4.79 Å². The Balaban J connectivity index is 2.26. The predicted octanol–water partition coefficient (Wildman–Crippen LogP) is 2.65. The van der Waals surface area contributed by atoms with Crippen molar-refractivity contribution in [2.45, 2.75) is 39.3 Å². The largest absolute Gasteiger partial charge is 0.463 e. The number of thiophene rings is 1. The molecule has 0 radical (unpaired) electrons. The molecule has 6 nitrogen and oxygen atoms in total. The first kappa shape index (κ1) is 18.5. The molecule has 1 aliphatic heterocycles. The third-order valence-corrected chi connectivity index (χ3v) is 5.21. The summed E-state index contributed by atoms with van der Waals surface area (Å²) in [7, 11) is 1.98. The Morgan fingerprint density at radius 2 is 2.21 bits per heavy atom. The topological polar surface area (TPSA) is 70.7 Å². The van der Waals surface area contributed by atoms with Crippen molar-refractivity contribution < 1.29 is 14.3 Å². The molecule has 132 valence electrons. The number of amides is 2. The van der Waals surface area contributed by atoms with Crippen LogP contribution < -0.4 is 10.6 Å². The number of nitrogens with one attached hydrogen (secondary N) is 2.